The number of fused-ring (bicyclic) bond motifs is 3. The van der Waals surface area contributed by atoms with Gasteiger partial charge in [-0.2, -0.15) is 0 Å². The molecule has 0 aromatic heterocycles. The Kier molecular flexibility index (Phi) is 6.01. The van der Waals surface area contributed by atoms with Crippen LogP contribution < -0.4 is 9.47 Å². The van der Waals surface area contributed by atoms with E-state index in [1.807, 2.05) is 0 Å². The molecule has 0 saturated carbocycles. The predicted molar refractivity (Wildman–Crippen MR) is 140 cm³/mol. The molecule has 5 atom stereocenters. The maximum atomic E-state index is 11.6. The topological polar surface area (TPSA) is 180 Å². The Morgan fingerprint density at radius 1 is 0.600 bits per heavy atom. The van der Waals surface area contributed by atoms with Gasteiger partial charge in [0.15, 0.2) is 17.6 Å². The molecule has 10 nitrogen and oxygen atoms in total. The van der Waals surface area contributed by atoms with Crippen LogP contribution in [0.3, 0.4) is 0 Å². The minimum absolute atomic E-state index is 0.0108. The Hall–Kier alpha value is -4.80. The van der Waals surface area contributed by atoms with Crippen LogP contribution in [0.2, 0.25) is 0 Å². The SMILES string of the molecule is Oc1ccc([C@@H]2Oc3c4c(cc(O)c3[C@@H](c3ccc(O)cc3O)[C@@H]2O)O[C@H](c2ccc(O)c(O)c2)[C@@H](O)C4)cc1. The fraction of sp³-hybridized carbons (Fsp3) is 0.200. The Morgan fingerprint density at radius 2 is 1.30 bits per heavy atom. The van der Waals surface area contributed by atoms with E-state index in [4.69, 9.17) is 9.47 Å². The van der Waals surface area contributed by atoms with Gasteiger partial charge < -0.3 is 50.3 Å². The lowest BCUT2D eigenvalue weighted by Crippen LogP contribution is -2.37. The zero-order chi connectivity index (χ0) is 28.3. The zero-order valence-electron chi connectivity index (χ0n) is 20.8. The Balaban J connectivity index is 1.51. The molecule has 0 bridgehead atoms. The van der Waals surface area contributed by atoms with Gasteiger partial charge in [0, 0.05) is 41.2 Å². The molecule has 2 aliphatic rings. The van der Waals surface area contributed by atoms with Gasteiger partial charge in [-0.3, -0.25) is 0 Å². The first-order valence-electron chi connectivity index (χ1n) is 12.5. The van der Waals surface area contributed by atoms with Crippen LogP contribution >= 0.6 is 0 Å². The molecule has 10 heteroatoms. The van der Waals surface area contributed by atoms with Crippen LogP contribution in [-0.4, -0.2) is 53.1 Å². The number of aliphatic hydroxyl groups excluding tert-OH is 2. The summed E-state index contributed by atoms with van der Waals surface area (Å²) in [7, 11) is 0. The van der Waals surface area contributed by atoms with Crippen LogP contribution in [-0.2, 0) is 6.42 Å². The molecule has 4 aromatic carbocycles. The number of benzene rings is 4. The van der Waals surface area contributed by atoms with E-state index in [2.05, 4.69) is 0 Å². The summed E-state index contributed by atoms with van der Waals surface area (Å²) in [4.78, 5) is 0. The van der Waals surface area contributed by atoms with Crippen molar-refractivity contribution in [2.24, 2.45) is 0 Å². The maximum Gasteiger partial charge on any atom is 0.157 e. The fourth-order valence-electron chi connectivity index (χ4n) is 5.56. The molecular formula is C30H26O10. The van der Waals surface area contributed by atoms with Crippen molar-refractivity contribution < 1.29 is 50.3 Å². The predicted octanol–water partition coefficient (Wildman–Crippen LogP) is 3.58. The van der Waals surface area contributed by atoms with Gasteiger partial charge in [-0.05, 0) is 41.5 Å². The van der Waals surface area contributed by atoms with Crippen LogP contribution in [0, 0.1) is 0 Å². The Morgan fingerprint density at radius 3 is 2.00 bits per heavy atom. The summed E-state index contributed by atoms with van der Waals surface area (Å²) >= 11 is 0. The molecule has 2 heterocycles. The van der Waals surface area contributed by atoms with Gasteiger partial charge in [0.2, 0.25) is 0 Å². The van der Waals surface area contributed by atoms with Gasteiger partial charge in [-0.15, -0.1) is 0 Å². The molecule has 0 radical (unpaired) electrons. The second-order valence-electron chi connectivity index (χ2n) is 10.0. The molecule has 2 aliphatic heterocycles. The number of phenolic OH excluding ortho intramolecular Hbond substituents is 6. The van der Waals surface area contributed by atoms with Crippen LogP contribution in [0.15, 0.2) is 66.7 Å². The normalized spacial score (nSPS) is 23.4. The fourth-order valence-corrected chi connectivity index (χ4v) is 5.56. The first-order valence-corrected chi connectivity index (χ1v) is 12.5. The monoisotopic (exact) mass is 546 g/mol. The van der Waals surface area contributed by atoms with E-state index in [1.54, 1.807) is 12.1 Å². The number of aliphatic hydroxyl groups is 2. The third-order valence-corrected chi connectivity index (χ3v) is 7.48. The third kappa shape index (κ3) is 4.14. The maximum absolute atomic E-state index is 11.6. The number of hydrogen-bond donors (Lipinski definition) is 8. The lowest BCUT2D eigenvalue weighted by Gasteiger charge is -2.41. The quantitative estimate of drug-likeness (QED) is 0.177. The van der Waals surface area contributed by atoms with Crippen LogP contribution in [0.1, 0.15) is 45.9 Å². The zero-order valence-corrected chi connectivity index (χ0v) is 20.8. The van der Waals surface area contributed by atoms with Gasteiger partial charge in [-0.25, -0.2) is 0 Å². The summed E-state index contributed by atoms with van der Waals surface area (Å²) in [5.41, 5.74) is 1.71. The molecule has 0 unspecified atom stereocenters. The van der Waals surface area contributed by atoms with Crippen LogP contribution in [0.5, 0.6) is 46.0 Å². The second-order valence-corrected chi connectivity index (χ2v) is 10.0. The highest BCUT2D eigenvalue weighted by Crippen LogP contribution is 2.56. The third-order valence-electron chi connectivity index (χ3n) is 7.48. The summed E-state index contributed by atoms with van der Waals surface area (Å²) in [6, 6.07) is 15.4. The standard InChI is InChI=1S/C30H26O10/c31-15-4-1-13(2-5-15)29-27(38)25(17-7-6-16(32)10-20(17)34)26-22(36)12-24-18(30(26)40-29)11-23(37)28(39-24)14-3-8-19(33)21(35)9-14/h1-10,12,23,25,27-29,31-38H,11H2/t23-,25+,27-,28+,29-/m0/s1. The average molecular weight is 547 g/mol. The highest BCUT2D eigenvalue weighted by molar-refractivity contribution is 5.64. The molecule has 4 aromatic rings. The molecule has 0 fully saturated rings. The molecule has 0 amide bonds. The largest absolute Gasteiger partial charge is 0.508 e. The van der Waals surface area contributed by atoms with Crippen molar-refractivity contribution in [3.05, 3.63) is 94.5 Å². The smallest absolute Gasteiger partial charge is 0.157 e. The number of aromatic hydroxyl groups is 6. The first kappa shape index (κ1) is 25.5. The van der Waals surface area contributed by atoms with Crippen molar-refractivity contribution in [2.45, 2.75) is 36.8 Å². The van der Waals surface area contributed by atoms with E-state index in [9.17, 15) is 40.9 Å². The summed E-state index contributed by atoms with van der Waals surface area (Å²) in [6.07, 6.45) is -4.37. The minimum Gasteiger partial charge on any atom is -0.508 e. The molecule has 0 spiro atoms. The number of rotatable bonds is 3. The van der Waals surface area contributed by atoms with E-state index in [-0.39, 0.29) is 63.5 Å². The summed E-state index contributed by atoms with van der Waals surface area (Å²) in [5.74, 6) is -2.13. The second kappa shape index (κ2) is 9.44. The summed E-state index contributed by atoms with van der Waals surface area (Å²) in [6.45, 7) is 0. The molecule has 40 heavy (non-hydrogen) atoms. The van der Waals surface area contributed by atoms with Crippen molar-refractivity contribution in [2.75, 3.05) is 0 Å². The highest BCUT2D eigenvalue weighted by Gasteiger charge is 2.45. The number of ether oxygens (including phenoxy) is 2. The van der Waals surface area contributed by atoms with E-state index in [0.29, 0.717) is 16.7 Å². The van der Waals surface area contributed by atoms with E-state index >= 15 is 0 Å². The molecular weight excluding hydrogens is 520 g/mol. The van der Waals surface area contributed by atoms with Crippen LogP contribution in [0.4, 0.5) is 0 Å². The molecule has 0 saturated heterocycles. The van der Waals surface area contributed by atoms with Crippen molar-refractivity contribution in [3.8, 4) is 46.0 Å². The number of phenols is 6. The van der Waals surface area contributed by atoms with Crippen molar-refractivity contribution in [3.63, 3.8) is 0 Å². The molecule has 8 N–H and O–H groups in total. The van der Waals surface area contributed by atoms with Crippen LogP contribution in [0.25, 0.3) is 0 Å². The highest BCUT2D eigenvalue weighted by atomic mass is 16.5. The molecule has 6 rings (SSSR count). The van der Waals surface area contributed by atoms with Crippen molar-refractivity contribution in [1.82, 2.24) is 0 Å². The van der Waals surface area contributed by atoms with Gasteiger partial charge in [0.25, 0.3) is 0 Å². The minimum atomic E-state index is -1.32. The number of hydrogen-bond acceptors (Lipinski definition) is 10. The van der Waals surface area contributed by atoms with E-state index < -0.39 is 30.3 Å². The first-order chi connectivity index (χ1) is 19.1. The summed E-state index contributed by atoms with van der Waals surface area (Å²) in [5, 5.41) is 83.9. The lowest BCUT2D eigenvalue weighted by molar-refractivity contribution is -0.00183. The van der Waals surface area contributed by atoms with Gasteiger partial charge in [-0.1, -0.05) is 24.3 Å². The van der Waals surface area contributed by atoms with Gasteiger partial charge >= 0.3 is 0 Å². The van der Waals surface area contributed by atoms with Crippen molar-refractivity contribution in [1.29, 1.82) is 0 Å². The van der Waals surface area contributed by atoms with E-state index in [1.165, 1.54) is 48.5 Å². The molecule has 0 aliphatic carbocycles. The van der Waals surface area contributed by atoms with Gasteiger partial charge in [0.1, 0.15) is 46.7 Å². The Bertz CT molecular complexity index is 1600. The van der Waals surface area contributed by atoms with Gasteiger partial charge in [0.05, 0.1) is 6.10 Å². The average Bonchev–Trinajstić information content (AvgIpc) is 2.91. The van der Waals surface area contributed by atoms with Crippen molar-refractivity contribution >= 4 is 0 Å². The lowest BCUT2D eigenvalue weighted by atomic mass is 9.77. The van der Waals surface area contributed by atoms with E-state index in [0.717, 1.165) is 6.07 Å². The Labute approximate surface area is 227 Å². The molecule has 206 valence electrons. The summed E-state index contributed by atoms with van der Waals surface area (Å²) < 4.78 is 12.4.